The minimum atomic E-state index is -0.133. The Balaban J connectivity index is 2.54. The van der Waals surface area contributed by atoms with Crippen molar-refractivity contribution in [3.63, 3.8) is 0 Å². The molecule has 0 saturated heterocycles. The van der Waals surface area contributed by atoms with Gasteiger partial charge < -0.3 is 4.74 Å². The highest BCUT2D eigenvalue weighted by atomic mass is 32.1. The molecule has 1 atom stereocenters. The fraction of sp³-hybridized carbons (Fsp3) is 0.500. The van der Waals surface area contributed by atoms with Gasteiger partial charge in [0.15, 0.2) is 0 Å². The first-order chi connectivity index (χ1) is 6.13. The van der Waals surface area contributed by atoms with Crippen LogP contribution in [0.25, 0.3) is 0 Å². The second-order valence-corrected chi connectivity index (χ2v) is 4.51. The Morgan fingerprint density at radius 2 is 2.31 bits per heavy atom. The van der Waals surface area contributed by atoms with Crippen LogP contribution in [0.3, 0.4) is 0 Å². The van der Waals surface area contributed by atoms with E-state index < -0.39 is 0 Å². The number of esters is 1. The monoisotopic (exact) mass is 198 g/mol. The molecule has 1 rings (SSSR count). The summed E-state index contributed by atoms with van der Waals surface area (Å²) in [6, 6.07) is 4.14. The van der Waals surface area contributed by atoms with E-state index in [1.807, 2.05) is 6.92 Å². The number of thiophene rings is 1. The van der Waals surface area contributed by atoms with Crippen molar-refractivity contribution in [3.05, 3.63) is 21.9 Å². The molecule has 2 nitrogen and oxygen atoms in total. The second-order valence-electron chi connectivity index (χ2n) is 3.14. The molecule has 3 heteroatoms. The molecule has 1 unspecified atom stereocenters. The van der Waals surface area contributed by atoms with Crippen LogP contribution in [0.4, 0.5) is 0 Å². The van der Waals surface area contributed by atoms with E-state index in [4.69, 9.17) is 0 Å². The van der Waals surface area contributed by atoms with Crippen LogP contribution in [-0.2, 0) is 16.0 Å². The molecule has 0 aliphatic carbocycles. The third kappa shape index (κ3) is 2.84. The van der Waals surface area contributed by atoms with Crippen LogP contribution >= 0.6 is 11.3 Å². The molecule has 0 saturated carbocycles. The van der Waals surface area contributed by atoms with Crippen molar-refractivity contribution in [2.24, 2.45) is 5.92 Å². The number of hydrogen-bond acceptors (Lipinski definition) is 3. The third-order valence-corrected chi connectivity index (χ3v) is 2.93. The van der Waals surface area contributed by atoms with Crippen LogP contribution in [-0.4, -0.2) is 13.1 Å². The minimum absolute atomic E-state index is 0.0388. The maximum Gasteiger partial charge on any atom is 0.308 e. The highest BCUT2D eigenvalue weighted by molar-refractivity contribution is 7.11. The van der Waals surface area contributed by atoms with E-state index in [0.29, 0.717) is 0 Å². The van der Waals surface area contributed by atoms with Crippen molar-refractivity contribution in [2.75, 3.05) is 7.11 Å². The molecule has 1 aromatic heterocycles. The molecule has 0 aromatic carbocycles. The van der Waals surface area contributed by atoms with Gasteiger partial charge >= 0.3 is 5.97 Å². The standard InChI is InChI=1S/C10H14O2S/c1-7(10(11)12-3)6-9-5-4-8(2)13-9/h4-5,7H,6H2,1-3H3. The summed E-state index contributed by atoms with van der Waals surface area (Å²) < 4.78 is 4.66. The molecule has 72 valence electrons. The molecule has 0 spiro atoms. The molecular formula is C10H14O2S. The van der Waals surface area contributed by atoms with Crippen molar-refractivity contribution in [1.82, 2.24) is 0 Å². The Kier molecular flexibility index (Phi) is 3.48. The Hall–Kier alpha value is -0.830. The number of methoxy groups -OCH3 is 1. The molecule has 0 aliphatic rings. The molecule has 0 fully saturated rings. The zero-order valence-corrected chi connectivity index (χ0v) is 8.98. The molecule has 0 bridgehead atoms. The average Bonchev–Trinajstić information content (AvgIpc) is 2.49. The first kappa shape index (κ1) is 10.3. The predicted molar refractivity (Wildman–Crippen MR) is 53.9 cm³/mol. The molecule has 0 N–H and O–H groups in total. The normalized spacial score (nSPS) is 12.5. The van der Waals surface area contributed by atoms with Crippen LogP contribution in [0.1, 0.15) is 16.7 Å². The number of rotatable bonds is 3. The Morgan fingerprint density at radius 1 is 1.62 bits per heavy atom. The average molecular weight is 198 g/mol. The Labute approximate surface area is 82.5 Å². The van der Waals surface area contributed by atoms with Gasteiger partial charge in [-0.15, -0.1) is 11.3 Å². The topological polar surface area (TPSA) is 26.3 Å². The number of carbonyl (C=O) groups is 1. The zero-order chi connectivity index (χ0) is 9.84. The largest absolute Gasteiger partial charge is 0.469 e. The van der Waals surface area contributed by atoms with E-state index in [0.717, 1.165) is 6.42 Å². The summed E-state index contributed by atoms with van der Waals surface area (Å²) in [5, 5.41) is 0. The third-order valence-electron chi connectivity index (χ3n) is 1.91. The lowest BCUT2D eigenvalue weighted by atomic mass is 10.1. The first-order valence-corrected chi connectivity index (χ1v) is 5.08. The predicted octanol–water partition coefficient (Wildman–Crippen LogP) is 2.41. The maximum atomic E-state index is 11.1. The van der Waals surface area contributed by atoms with Gasteiger partial charge in [0.2, 0.25) is 0 Å². The lowest BCUT2D eigenvalue weighted by Crippen LogP contribution is -2.14. The van der Waals surface area contributed by atoms with Gasteiger partial charge in [-0.25, -0.2) is 0 Å². The van der Waals surface area contributed by atoms with Crippen molar-refractivity contribution in [3.8, 4) is 0 Å². The summed E-state index contributed by atoms with van der Waals surface area (Å²) in [5.41, 5.74) is 0. The smallest absolute Gasteiger partial charge is 0.308 e. The number of ether oxygens (including phenoxy) is 1. The molecule has 0 radical (unpaired) electrons. The molecule has 13 heavy (non-hydrogen) atoms. The fourth-order valence-electron chi connectivity index (χ4n) is 1.18. The van der Waals surface area contributed by atoms with E-state index in [1.54, 1.807) is 11.3 Å². The highest BCUT2D eigenvalue weighted by Gasteiger charge is 2.14. The Bertz CT molecular complexity index is 291. The van der Waals surface area contributed by atoms with Crippen molar-refractivity contribution < 1.29 is 9.53 Å². The quantitative estimate of drug-likeness (QED) is 0.697. The molecule has 1 aromatic rings. The van der Waals surface area contributed by atoms with Crippen molar-refractivity contribution in [2.45, 2.75) is 20.3 Å². The van der Waals surface area contributed by atoms with Gasteiger partial charge in [0, 0.05) is 9.75 Å². The molecule has 1 heterocycles. The Morgan fingerprint density at radius 3 is 2.77 bits per heavy atom. The highest BCUT2D eigenvalue weighted by Crippen LogP contribution is 2.19. The summed E-state index contributed by atoms with van der Waals surface area (Å²) in [7, 11) is 1.43. The molecule has 0 aliphatic heterocycles. The van der Waals surface area contributed by atoms with Crippen LogP contribution in [0.15, 0.2) is 12.1 Å². The van der Waals surface area contributed by atoms with Crippen molar-refractivity contribution in [1.29, 1.82) is 0 Å². The van der Waals surface area contributed by atoms with Gasteiger partial charge in [0.25, 0.3) is 0 Å². The van der Waals surface area contributed by atoms with Gasteiger partial charge in [-0.2, -0.15) is 0 Å². The summed E-state index contributed by atoms with van der Waals surface area (Å²) in [6.07, 6.45) is 0.783. The van der Waals surface area contributed by atoms with Crippen molar-refractivity contribution >= 4 is 17.3 Å². The number of carbonyl (C=O) groups excluding carboxylic acids is 1. The van der Waals surface area contributed by atoms with Crippen LogP contribution < -0.4 is 0 Å². The summed E-state index contributed by atoms with van der Waals surface area (Å²) in [6.45, 7) is 3.96. The summed E-state index contributed by atoms with van der Waals surface area (Å²) in [4.78, 5) is 13.6. The van der Waals surface area contributed by atoms with Gasteiger partial charge in [-0.1, -0.05) is 6.92 Å². The summed E-state index contributed by atoms with van der Waals surface area (Å²) in [5.74, 6) is -0.172. The lowest BCUT2D eigenvalue weighted by molar-refractivity contribution is -0.144. The van der Waals surface area contributed by atoms with Crippen LogP contribution in [0.2, 0.25) is 0 Å². The zero-order valence-electron chi connectivity index (χ0n) is 8.16. The first-order valence-electron chi connectivity index (χ1n) is 4.26. The molecule has 0 amide bonds. The van der Waals surface area contributed by atoms with E-state index in [2.05, 4.69) is 23.8 Å². The minimum Gasteiger partial charge on any atom is -0.469 e. The second kappa shape index (κ2) is 4.42. The van der Waals surface area contributed by atoms with E-state index in [9.17, 15) is 4.79 Å². The van der Waals surface area contributed by atoms with E-state index in [1.165, 1.54) is 16.9 Å². The lowest BCUT2D eigenvalue weighted by Gasteiger charge is -2.06. The fourth-order valence-corrected chi connectivity index (χ4v) is 2.20. The maximum absolute atomic E-state index is 11.1. The molecular weight excluding hydrogens is 184 g/mol. The van der Waals surface area contributed by atoms with Gasteiger partial charge in [0.05, 0.1) is 13.0 Å². The number of hydrogen-bond donors (Lipinski definition) is 0. The van der Waals surface area contributed by atoms with Gasteiger partial charge in [-0.3, -0.25) is 4.79 Å². The van der Waals surface area contributed by atoms with Gasteiger partial charge in [0.1, 0.15) is 0 Å². The van der Waals surface area contributed by atoms with E-state index >= 15 is 0 Å². The van der Waals surface area contributed by atoms with Crippen LogP contribution in [0.5, 0.6) is 0 Å². The van der Waals surface area contributed by atoms with Crippen LogP contribution in [0, 0.1) is 12.8 Å². The SMILES string of the molecule is COC(=O)C(C)Cc1ccc(C)s1. The summed E-state index contributed by atoms with van der Waals surface area (Å²) >= 11 is 1.74. The van der Waals surface area contributed by atoms with E-state index in [-0.39, 0.29) is 11.9 Å². The van der Waals surface area contributed by atoms with Gasteiger partial charge in [-0.05, 0) is 25.5 Å². The number of aryl methyl sites for hydroxylation is 1.